The van der Waals surface area contributed by atoms with E-state index < -0.39 is 0 Å². The van der Waals surface area contributed by atoms with Crippen molar-refractivity contribution in [2.45, 2.75) is 20.8 Å². The van der Waals surface area contributed by atoms with Gasteiger partial charge in [0.2, 0.25) is 0 Å². The minimum atomic E-state index is 0.362. The van der Waals surface area contributed by atoms with Crippen LogP contribution in [-0.4, -0.2) is 14.4 Å². The molecule has 1 aromatic carbocycles. The van der Waals surface area contributed by atoms with Crippen molar-refractivity contribution in [3.05, 3.63) is 53.1 Å². The number of aromatic nitrogens is 3. The van der Waals surface area contributed by atoms with E-state index in [-0.39, 0.29) is 0 Å². The molecule has 0 radical (unpaired) electrons. The molecule has 2 heterocycles. The van der Waals surface area contributed by atoms with Crippen LogP contribution < -0.4 is 0 Å². The first-order valence-electron chi connectivity index (χ1n) is 6.43. The first kappa shape index (κ1) is 12.4. The zero-order chi connectivity index (χ0) is 14.3. The van der Waals surface area contributed by atoms with E-state index in [2.05, 4.69) is 48.1 Å². The highest BCUT2D eigenvalue weighted by molar-refractivity contribution is 5.70. The average Bonchev–Trinajstić information content (AvgIpc) is 2.88. The van der Waals surface area contributed by atoms with Gasteiger partial charge in [-0.15, -0.1) is 0 Å². The number of aryl methyl sites for hydroxylation is 3. The van der Waals surface area contributed by atoms with Crippen LogP contribution in [0, 0.1) is 32.1 Å². The number of hydrogen-bond acceptors (Lipinski definition) is 3. The molecule has 0 spiro atoms. The zero-order valence-corrected chi connectivity index (χ0v) is 11.7. The van der Waals surface area contributed by atoms with Crippen LogP contribution in [0.3, 0.4) is 0 Å². The summed E-state index contributed by atoms with van der Waals surface area (Å²) in [6.45, 7) is 6.09. The number of imidazole rings is 1. The van der Waals surface area contributed by atoms with Crippen molar-refractivity contribution >= 4 is 5.65 Å². The Morgan fingerprint density at radius 2 is 2.00 bits per heavy atom. The molecule has 0 fully saturated rings. The lowest BCUT2D eigenvalue weighted by Gasteiger charge is -2.12. The number of hydrogen-bond donors (Lipinski definition) is 0. The molecule has 0 aliphatic heterocycles. The van der Waals surface area contributed by atoms with E-state index in [1.165, 1.54) is 11.1 Å². The van der Waals surface area contributed by atoms with Gasteiger partial charge < -0.3 is 0 Å². The fourth-order valence-corrected chi connectivity index (χ4v) is 2.58. The molecular weight excluding hydrogens is 248 g/mol. The second kappa shape index (κ2) is 4.46. The van der Waals surface area contributed by atoms with Crippen LogP contribution in [0.5, 0.6) is 0 Å². The minimum Gasteiger partial charge on any atom is -0.295 e. The maximum atomic E-state index is 9.17. The van der Waals surface area contributed by atoms with Crippen LogP contribution in [0.4, 0.5) is 0 Å². The summed E-state index contributed by atoms with van der Waals surface area (Å²) in [6, 6.07) is 8.44. The molecule has 4 heteroatoms. The van der Waals surface area contributed by atoms with Crippen molar-refractivity contribution in [1.29, 1.82) is 5.26 Å². The highest BCUT2D eigenvalue weighted by Crippen LogP contribution is 2.28. The molecule has 0 aliphatic carbocycles. The third-order valence-electron chi connectivity index (χ3n) is 3.46. The van der Waals surface area contributed by atoms with Gasteiger partial charge >= 0.3 is 0 Å². The Kier molecular flexibility index (Phi) is 2.76. The highest BCUT2D eigenvalue weighted by Gasteiger charge is 2.15. The Bertz CT molecular complexity index is 853. The van der Waals surface area contributed by atoms with Gasteiger partial charge in [-0.2, -0.15) is 5.26 Å². The van der Waals surface area contributed by atoms with E-state index >= 15 is 0 Å². The fourth-order valence-electron chi connectivity index (χ4n) is 2.58. The number of nitriles is 1. The molecule has 98 valence electrons. The summed E-state index contributed by atoms with van der Waals surface area (Å²) in [5.74, 6) is 0. The van der Waals surface area contributed by atoms with E-state index in [0.717, 1.165) is 17.0 Å². The van der Waals surface area contributed by atoms with E-state index in [4.69, 9.17) is 5.26 Å². The van der Waals surface area contributed by atoms with Gasteiger partial charge in [0.1, 0.15) is 6.07 Å². The molecule has 2 aromatic heterocycles. The van der Waals surface area contributed by atoms with Gasteiger partial charge in [-0.3, -0.25) is 4.40 Å². The predicted octanol–water partition coefficient (Wildman–Crippen LogP) is 3.19. The largest absolute Gasteiger partial charge is 0.295 e. The summed E-state index contributed by atoms with van der Waals surface area (Å²) < 4.78 is 1.94. The van der Waals surface area contributed by atoms with Crippen molar-refractivity contribution < 1.29 is 0 Å². The van der Waals surface area contributed by atoms with Crippen LogP contribution in [0.1, 0.15) is 22.5 Å². The zero-order valence-electron chi connectivity index (χ0n) is 11.7. The summed E-state index contributed by atoms with van der Waals surface area (Å²) in [7, 11) is 0. The maximum absolute atomic E-state index is 9.17. The summed E-state index contributed by atoms with van der Waals surface area (Å²) in [5, 5.41) is 9.17. The third kappa shape index (κ3) is 1.76. The third-order valence-corrected chi connectivity index (χ3v) is 3.46. The van der Waals surface area contributed by atoms with Crippen LogP contribution in [0.15, 0.2) is 30.6 Å². The van der Waals surface area contributed by atoms with E-state index in [9.17, 15) is 0 Å². The molecule has 0 bridgehead atoms. The van der Waals surface area contributed by atoms with Gasteiger partial charge in [-0.25, -0.2) is 9.97 Å². The molecule has 0 atom stereocenters. The van der Waals surface area contributed by atoms with Crippen LogP contribution in [-0.2, 0) is 0 Å². The molecular formula is C16H14N4. The van der Waals surface area contributed by atoms with Gasteiger partial charge in [0.15, 0.2) is 11.3 Å². The van der Waals surface area contributed by atoms with Gasteiger partial charge in [0, 0.05) is 18.0 Å². The molecule has 0 unspecified atom stereocenters. The minimum absolute atomic E-state index is 0.362. The Balaban J connectivity index is 2.40. The standard InChI is InChI=1S/C16H14N4/c1-10-4-5-13(11(2)8-10)15-12(3)19-14(9-17)16-18-6-7-20(15)16/h4-8H,1-3H3. The number of fused-ring (bicyclic) bond motifs is 1. The maximum Gasteiger partial charge on any atom is 0.184 e. The molecule has 20 heavy (non-hydrogen) atoms. The Morgan fingerprint density at radius 3 is 2.70 bits per heavy atom. The lowest BCUT2D eigenvalue weighted by Crippen LogP contribution is -2.02. The summed E-state index contributed by atoms with van der Waals surface area (Å²) in [5.41, 5.74) is 6.33. The molecule has 4 nitrogen and oxygen atoms in total. The monoisotopic (exact) mass is 262 g/mol. The molecule has 3 aromatic rings. The van der Waals surface area contributed by atoms with E-state index in [1.807, 2.05) is 17.5 Å². The second-order valence-electron chi connectivity index (χ2n) is 4.95. The quantitative estimate of drug-likeness (QED) is 0.676. The second-order valence-corrected chi connectivity index (χ2v) is 4.95. The van der Waals surface area contributed by atoms with Gasteiger partial charge in [0.05, 0.1) is 11.4 Å². The van der Waals surface area contributed by atoms with Gasteiger partial charge in [0.25, 0.3) is 0 Å². The molecule has 0 N–H and O–H groups in total. The highest BCUT2D eigenvalue weighted by atomic mass is 15.0. The molecule has 0 saturated carbocycles. The lowest BCUT2D eigenvalue weighted by molar-refractivity contribution is 1.06. The number of rotatable bonds is 1. The van der Waals surface area contributed by atoms with Crippen LogP contribution >= 0.6 is 0 Å². The summed E-state index contributed by atoms with van der Waals surface area (Å²) >= 11 is 0. The van der Waals surface area contributed by atoms with Crippen molar-refractivity contribution in [1.82, 2.24) is 14.4 Å². The average molecular weight is 262 g/mol. The normalized spacial score (nSPS) is 10.7. The van der Waals surface area contributed by atoms with Crippen molar-refractivity contribution in [2.75, 3.05) is 0 Å². The molecule has 3 rings (SSSR count). The topological polar surface area (TPSA) is 54.0 Å². The van der Waals surface area contributed by atoms with Crippen molar-refractivity contribution in [3.63, 3.8) is 0 Å². The van der Waals surface area contributed by atoms with Gasteiger partial charge in [-0.05, 0) is 26.3 Å². The Labute approximate surface area is 117 Å². The van der Waals surface area contributed by atoms with Crippen molar-refractivity contribution in [2.24, 2.45) is 0 Å². The molecule has 0 amide bonds. The molecule has 0 aliphatic rings. The Morgan fingerprint density at radius 1 is 1.20 bits per heavy atom. The predicted molar refractivity (Wildman–Crippen MR) is 77.3 cm³/mol. The first-order valence-corrected chi connectivity index (χ1v) is 6.43. The Hall–Kier alpha value is -2.67. The first-order chi connectivity index (χ1) is 9.61. The SMILES string of the molecule is Cc1ccc(-c2c(C)nc(C#N)c3nccn23)c(C)c1. The van der Waals surface area contributed by atoms with Crippen molar-refractivity contribution in [3.8, 4) is 17.3 Å². The van der Waals surface area contributed by atoms with Crippen LogP contribution in [0.2, 0.25) is 0 Å². The number of benzene rings is 1. The fraction of sp³-hybridized carbons (Fsp3) is 0.188. The van der Waals surface area contributed by atoms with E-state index in [1.54, 1.807) is 6.20 Å². The molecule has 0 saturated heterocycles. The van der Waals surface area contributed by atoms with Crippen LogP contribution in [0.25, 0.3) is 16.9 Å². The van der Waals surface area contributed by atoms with E-state index in [0.29, 0.717) is 11.3 Å². The van der Waals surface area contributed by atoms with Gasteiger partial charge in [-0.1, -0.05) is 23.8 Å². The smallest absolute Gasteiger partial charge is 0.184 e. The lowest BCUT2D eigenvalue weighted by atomic mass is 10.0. The number of nitrogens with zero attached hydrogens (tertiary/aromatic N) is 4. The summed E-state index contributed by atoms with van der Waals surface area (Å²) in [4.78, 5) is 8.63. The summed E-state index contributed by atoms with van der Waals surface area (Å²) in [6.07, 6.45) is 3.57.